The molecule has 2 amide bonds. The van der Waals surface area contributed by atoms with Crippen molar-refractivity contribution >= 4 is 11.8 Å². The van der Waals surface area contributed by atoms with E-state index >= 15 is 0 Å². The second kappa shape index (κ2) is 10.3. The molecule has 2 aromatic carbocycles. The fourth-order valence-electron chi connectivity index (χ4n) is 3.81. The van der Waals surface area contributed by atoms with Crippen LogP contribution >= 0.6 is 0 Å². The van der Waals surface area contributed by atoms with E-state index in [2.05, 4.69) is 15.6 Å². The van der Waals surface area contributed by atoms with Crippen LogP contribution in [0.4, 0.5) is 8.78 Å². The minimum absolute atomic E-state index is 0.0392. The van der Waals surface area contributed by atoms with Crippen molar-refractivity contribution in [3.63, 3.8) is 0 Å². The molecule has 1 aromatic heterocycles. The normalized spacial score (nSPS) is 17.6. The third kappa shape index (κ3) is 5.86. The summed E-state index contributed by atoms with van der Waals surface area (Å²) in [7, 11) is 0. The Bertz CT molecular complexity index is 1160. The molecule has 9 heteroatoms. The number of pyridine rings is 1. The Morgan fingerprint density at radius 1 is 0.853 bits per heavy atom. The topological polar surface area (TPSA) is 101 Å². The molecule has 1 aliphatic rings. The number of benzene rings is 2. The molecule has 1 fully saturated rings. The van der Waals surface area contributed by atoms with Gasteiger partial charge in [0, 0.05) is 17.6 Å². The maximum absolute atomic E-state index is 13.8. The van der Waals surface area contributed by atoms with E-state index < -0.39 is 17.5 Å². The second-order valence-electron chi connectivity index (χ2n) is 8.10. The largest absolute Gasteiger partial charge is 0.508 e. The first-order chi connectivity index (χ1) is 16.4. The van der Waals surface area contributed by atoms with Gasteiger partial charge in [-0.2, -0.15) is 0 Å². The summed E-state index contributed by atoms with van der Waals surface area (Å²) in [6.45, 7) is 0. The number of amides is 2. The fourth-order valence-corrected chi connectivity index (χ4v) is 3.81. The van der Waals surface area contributed by atoms with Gasteiger partial charge < -0.3 is 20.5 Å². The summed E-state index contributed by atoms with van der Waals surface area (Å²) in [5, 5.41) is 15.2. The number of carbonyl (C=O) groups excluding carboxylic acids is 2. The molecule has 1 heterocycles. The zero-order valence-corrected chi connectivity index (χ0v) is 18.1. The van der Waals surface area contributed by atoms with Crippen molar-refractivity contribution in [1.29, 1.82) is 0 Å². The van der Waals surface area contributed by atoms with Crippen LogP contribution in [0.25, 0.3) is 0 Å². The lowest BCUT2D eigenvalue weighted by Gasteiger charge is -2.29. The minimum Gasteiger partial charge on any atom is -0.508 e. The summed E-state index contributed by atoms with van der Waals surface area (Å²) >= 11 is 0. The van der Waals surface area contributed by atoms with E-state index in [-0.39, 0.29) is 40.9 Å². The number of phenolic OH excluding ortho intramolecular Hbond substituents is 1. The molecular formula is C25H23F2N3O4. The highest BCUT2D eigenvalue weighted by Gasteiger charge is 2.26. The quantitative estimate of drug-likeness (QED) is 0.501. The van der Waals surface area contributed by atoms with Crippen LogP contribution in [0.2, 0.25) is 0 Å². The smallest absolute Gasteiger partial charge is 0.257 e. The van der Waals surface area contributed by atoms with Crippen LogP contribution < -0.4 is 15.4 Å². The molecule has 0 saturated heterocycles. The number of hydrogen-bond donors (Lipinski definition) is 3. The number of nitrogens with zero attached hydrogens (tertiary/aromatic N) is 1. The van der Waals surface area contributed by atoms with Crippen molar-refractivity contribution in [3.8, 4) is 17.4 Å². The number of nitrogens with one attached hydrogen (secondary N) is 2. The first kappa shape index (κ1) is 23.2. The van der Waals surface area contributed by atoms with Crippen molar-refractivity contribution in [3.05, 3.63) is 83.6 Å². The van der Waals surface area contributed by atoms with E-state index in [1.54, 1.807) is 12.1 Å². The summed E-state index contributed by atoms with van der Waals surface area (Å²) < 4.78 is 32.5. The highest BCUT2D eigenvalue weighted by Crippen LogP contribution is 2.25. The van der Waals surface area contributed by atoms with Gasteiger partial charge in [0.1, 0.15) is 28.7 Å². The van der Waals surface area contributed by atoms with Gasteiger partial charge in [0.05, 0.1) is 6.20 Å². The Balaban J connectivity index is 1.34. The van der Waals surface area contributed by atoms with Crippen molar-refractivity contribution in [2.75, 3.05) is 0 Å². The molecule has 0 radical (unpaired) electrons. The van der Waals surface area contributed by atoms with Crippen molar-refractivity contribution in [2.24, 2.45) is 0 Å². The Morgan fingerprint density at radius 2 is 1.44 bits per heavy atom. The van der Waals surface area contributed by atoms with Crippen LogP contribution in [0.3, 0.4) is 0 Å². The van der Waals surface area contributed by atoms with Crippen LogP contribution in [0.5, 0.6) is 17.4 Å². The Morgan fingerprint density at radius 3 is 2.06 bits per heavy atom. The van der Waals surface area contributed by atoms with Crippen molar-refractivity contribution in [1.82, 2.24) is 15.6 Å². The Labute approximate surface area is 194 Å². The van der Waals surface area contributed by atoms with Gasteiger partial charge in [-0.1, -0.05) is 0 Å². The van der Waals surface area contributed by atoms with Gasteiger partial charge in [-0.25, -0.2) is 13.8 Å². The maximum atomic E-state index is 13.8. The van der Waals surface area contributed by atoms with E-state index in [0.29, 0.717) is 31.2 Å². The molecule has 7 nitrogen and oxygen atoms in total. The van der Waals surface area contributed by atoms with E-state index in [0.717, 1.165) is 12.3 Å². The summed E-state index contributed by atoms with van der Waals surface area (Å²) in [5.41, 5.74) is 0.396. The third-order valence-electron chi connectivity index (χ3n) is 5.62. The predicted molar refractivity (Wildman–Crippen MR) is 120 cm³/mol. The van der Waals surface area contributed by atoms with Gasteiger partial charge in [-0.15, -0.1) is 0 Å². The van der Waals surface area contributed by atoms with E-state index in [9.17, 15) is 23.5 Å². The van der Waals surface area contributed by atoms with Gasteiger partial charge in [-0.05, 0) is 80.3 Å². The van der Waals surface area contributed by atoms with Crippen LogP contribution in [0.15, 0.2) is 60.8 Å². The number of rotatable bonds is 6. The zero-order chi connectivity index (χ0) is 24.1. The molecule has 3 N–H and O–H groups in total. The summed E-state index contributed by atoms with van der Waals surface area (Å²) in [4.78, 5) is 29.1. The summed E-state index contributed by atoms with van der Waals surface area (Å²) in [6.07, 6.45) is 3.52. The lowest BCUT2D eigenvalue weighted by atomic mass is 9.90. The first-order valence-electron chi connectivity index (χ1n) is 10.9. The molecular weight excluding hydrogens is 444 g/mol. The molecule has 1 aliphatic carbocycles. The molecule has 34 heavy (non-hydrogen) atoms. The molecule has 0 unspecified atom stereocenters. The minimum atomic E-state index is -0.683. The number of aromatic hydroxyl groups is 1. The second-order valence-corrected chi connectivity index (χ2v) is 8.10. The van der Waals surface area contributed by atoms with Gasteiger partial charge in [0.15, 0.2) is 0 Å². The van der Waals surface area contributed by atoms with Crippen molar-refractivity contribution in [2.45, 2.75) is 37.8 Å². The molecule has 0 bridgehead atoms. The lowest BCUT2D eigenvalue weighted by Crippen LogP contribution is -2.43. The van der Waals surface area contributed by atoms with Gasteiger partial charge in [0.25, 0.3) is 11.8 Å². The van der Waals surface area contributed by atoms with Crippen LogP contribution in [0, 0.1) is 11.6 Å². The SMILES string of the molecule is O=C(NC1CCC(NC(=O)c2cc(F)cnc2Oc2ccc(F)cc2)CC1)c1ccc(O)cc1. The molecule has 176 valence electrons. The number of carbonyl (C=O) groups is 2. The molecule has 4 rings (SSSR count). The first-order valence-corrected chi connectivity index (χ1v) is 10.9. The summed E-state index contributed by atoms with van der Waals surface area (Å²) in [6, 6.07) is 12.0. The summed E-state index contributed by atoms with van der Waals surface area (Å²) in [5.74, 6) is -1.60. The fraction of sp³-hybridized carbons (Fsp3) is 0.240. The average molecular weight is 467 g/mol. The molecule has 0 atom stereocenters. The van der Waals surface area contributed by atoms with E-state index in [1.165, 1.54) is 36.4 Å². The highest BCUT2D eigenvalue weighted by atomic mass is 19.1. The van der Waals surface area contributed by atoms with Gasteiger partial charge in [-0.3, -0.25) is 9.59 Å². The standard InChI is InChI=1S/C25H23F2N3O4/c26-16-3-11-21(12-4-16)34-25-22(13-17(27)14-28-25)24(33)30-19-7-5-18(6-8-19)29-23(32)15-1-9-20(31)10-2-15/h1-4,9-14,18-19,31H,5-8H2,(H,29,32)(H,30,33). The third-order valence-corrected chi connectivity index (χ3v) is 5.62. The van der Waals surface area contributed by atoms with Crippen LogP contribution in [0.1, 0.15) is 46.4 Å². The average Bonchev–Trinajstić information content (AvgIpc) is 2.83. The van der Waals surface area contributed by atoms with Gasteiger partial charge in [0.2, 0.25) is 5.88 Å². The van der Waals surface area contributed by atoms with Crippen LogP contribution in [-0.2, 0) is 0 Å². The molecule has 3 aromatic rings. The van der Waals surface area contributed by atoms with Crippen molar-refractivity contribution < 1.29 is 28.2 Å². The number of ether oxygens (including phenoxy) is 1. The molecule has 0 spiro atoms. The lowest BCUT2D eigenvalue weighted by molar-refractivity contribution is 0.0890. The van der Waals surface area contributed by atoms with E-state index in [1.807, 2.05) is 0 Å². The molecule has 1 saturated carbocycles. The highest BCUT2D eigenvalue weighted by molar-refractivity contribution is 5.96. The van der Waals surface area contributed by atoms with E-state index in [4.69, 9.17) is 4.74 Å². The number of aromatic nitrogens is 1. The monoisotopic (exact) mass is 467 g/mol. The Kier molecular flexibility index (Phi) is 7.01. The maximum Gasteiger partial charge on any atom is 0.257 e. The molecule has 0 aliphatic heterocycles. The predicted octanol–water partition coefficient (Wildman–Crippen LogP) is 4.33. The zero-order valence-electron chi connectivity index (χ0n) is 18.1. The number of hydrogen-bond acceptors (Lipinski definition) is 5. The number of phenols is 1. The van der Waals surface area contributed by atoms with Gasteiger partial charge >= 0.3 is 0 Å². The van der Waals surface area contributed by atoms with Crippen LogP contribution in [-0.4, -0.2) is 34.0 Å². The number of halogens is 2. The Hall–Kier alpha value is -4.01.